The highest BCUT2D eigenvalue weighted by Gasteiger charge is 2.13. The number of allylic oxidation sites excluding steroid dienone is 1. The molecule has 0 aromatic heterocycles. The van der Waals surface area contributed by atoms with Gasteiger partial charge in [0.15, 0.2) is 0 Å². The number of carboxylic acids is 4. The molecule has 0 atom stereocenters. The van der Waals surface area contributed by atoms with Crippen molar-refractivity contribution >= 4 is 23.9 Å². The highest BCUT2D eigenvalue weighted by atomic mass is 16.4. The summed E-state index contributed by atoms with van der Waals surface area (Å²) in [4.78, 5) is 40.0. The van der Waals surface area contributed by atoms with Gasteiger partial charge in [-0.2, -0.15) is 0 Å². The molecular weight excluding hydrogens is 308 g/mol. The number of hydrogen-bond acceptors (Lipinski definition) is 4. The Labute approximate surface area is 131 Å². The summed E-state index contributed by atoms with van der Waals surface area (Å²) in [5, 5.41) is 32.7. The molecule has 0 amide bonds. The molecule has 8 nitrogen and oxygen atoms in total. The lowest BCUT2D eigenvalue weighted by molar-refractivity contribution is -0.134. The fourth-order valence-corrected chi connectivity index (χ4v) is 0.999. The van der Waals surface area contributed by atoms with Crippen LogP contribution in [0.25, 0.3) is 0 Å². The third-order valence-electron chi connectivity index (χ3n) is 1.76. The minimum atomic E-state index is -1.26. The molecule has 1 aromatic rings. The number of carboxylic acid groups (broad SMARTS) is 4. The molecule has 0 saturated heterocycles. The molecule has 0 aliphatic heterocycles. The molecule has 0 aliphatic rings. The van der Waals surface area contributed by atoms with Crippen LogP contribution in [0.5, 0.6) is 0 Å². The number of rotatable bonds is 4. The number of aromatic carboxylic acids is 2. The molecule has 8 heteroatoms. The van der Waals surface area contributed by atoms with E-state index >= 15 is 0 Å². The van der Waals surface area contributed by atoms with E-state index in [1.54, 1.807) is 6.08 Å². The van der Waals surface area contributed by atoms with Crippen molar-refractivity contribution in [3.05, 3.63) is 60.2 Å². The normalized spacial score (nSPS) is 8.74. The van der Waals surface area contributed by atoms with Crippen molar-refractivity contribution < 1.29 is 39.6 Å². The molecule has 0 spiro atoms. The van der Waals surface area contributed by atoms with Gasteiger partial charge in [-0.15, -0.1) is 6.58 Å². The number of aliphatic carboxylic acids is 2. The molecular formula is C15H16O8. The van der Waals surface area contributed by atoms with Crippen molar-refractivity contribution in [3.8, 4) is 0 Å². The van der Waals surface area contributed by atoms with Gasteiger partial charge >= 0.3 is 23.9 Å². The van der Waals surface area contributed by atoms with Crippen LogP contribution in [-0.2, 0) is 9.59 Å². The molecule has 0 bridgehead atoms. The summed E-state index contributed by atoms with van der Waals surface area (Å²) in [7, 11) is 0. The quantitative estimate of drug-likeness (QED) is 0.485. The van der Waals surface area contributed by atoms with Gasteiger partial charge in [0.2, 0.25) is 0 Å². The molecule has 23 heavy (non-hydrogen) atoms. The Balaban J connectivity index is 0. The van der Waals surface area contributed by atoms with E-state index < -0.39 is 23.9 Å². The first kappa shape index (κ1) is 21.9. The molecule has 1 rings (SSSR count). The molecule has 0 saturated carbocycles. The van der Waals surface area contributed by atoms with Crippen molar-refractivity contribution in [1.82, 2.24) is 0 Å². The van der Waals surface area contributed by atoms with Crippen molar-refractivity contribution in [1.29, 1.82) is 0 Å². The molecule has 0 unspecified atom stereocenters. The van der Waals surface area contributed by atoms with E-state index in [4.69, 9.17) is 20.4 Å². The van der Waals surface area contributed by atoms with Gasteiger partial charge in [0.25, 0.3) is 0 Å². The van der Waals surface area contributed by atoms with E-state index in [2.05, 4.69) is 6.58 Å². The third kappa shape index (κ3) is 12.1. The van der Waals surface area contributed by atoms with Crippen LogP contribution in [-0.4, -0.2) is 44.3 Å². The fourth-order valence-electron chi connectivity index (χ4n) is 0.999. The Bertz CT molecular complexity index is 552. The molecule has 0 aliphatic carbocycles. The fraction of sp³-hybridized carbons (Fsp3) is 0.0667. The highest BCUT2D eigenvalue weighted by molar-refractivity contribution is 6.01. The predicted molar refractivity (Wildman–Crippen MR) is 80.6 cm³/mol. The van der Waals surface area contributed by atoms with E-state index in [1.165, 1.54) is 24.3 Å². The molecule has 0 fully saturated rings. The Morgan fingerprint density at radius 1 is 0.826 bits per heavy atom. The second-order valence-corrected chi connectivity index (χ2v) is 3.57. The summed E-state index contributed by atoms with van der Waals surface area (Å²) in [6.07, 6.45) is 2.87. The summed E-state index contributed by atoms with van der Waals surface area (Å²) in [6.45, 7) is 5.25. The van der Waals surface area contributed by atoms with Crippen LogP contribution >= 0.6 is 0 Å². The first-order chi connectivity index (χ1) is 10.7. The van der Waals surface area contributed by atoms with Crippen LogP contribution in [0.4, 0.5) is 0 Å². The summed E-state index contributed by atoms with van der Waals surface area (Å²) >= 11 is 0. The van der Waals surface area contributed by atoms with Crippen LogP contribution in [0.2, 0.25) is 0 Å². The SMILES string of the molecule is C=CC.O=C(O)/C=C/C(=O)O.O=C(O)c1ccccc1C(=O)O. The standard InChI is InChI=1S/C8H6O4.C4H4O4.C3H6/c9-7(10)5-3-1-2-4-6(5)8(11)12;5-3(6)1-2-4(7)8;1-3-2/h1-4H,(H,9,10)(H,11,12);1-2H,(H,5,6)(H,7,8);3H,1H2,2H3/b;2-1+;. The zero-order valence-electron chi connectivity index (χ0n) is 12.2. The van der Waals surface area contributed by atoms with Crippen LogP contribution in [0.3, 0.4) is 0 Å². The summed E-state index contributed by atoms with van der Waals surface area (Å²) in [6, 6.07) is 5.48. The maximum atomic E-state index is 10.5. The summed E-state index contributed by atoms with van der Waals surface area (Å²) < 4.78 is 0. The monoisotopic (exact) mass is 324 g/mol. The third-order valence-corrected chi connectivity index (χ3v) is 1.76. The van der Waals surface area contributed by atoms with Crippen LogP contribution < -0.4 is 0 Å². The smallest absolute Gasteiger partial charge is 0.336 e. The Hall–Kier alpha value is -3.42. The lowest BCUT2D eigenvalue weighted by atomic mass is 10.1. The second kappa shape index (κ2) is 12.3. The molecule has 0 radical (unpaired) electrons. The Kier molecular flexibility index (Phi) is 11.7. The average Bonchev–Trinajstić information content (AvgIpc) is 2.46. The van der Waals surface area contributed by atoms with Crippen LogP contribution in [0, 0.1) is 0 Å². The average molecular weight is 324 g/mol. The minimum absolute atomic E-state index is 0.190. The van der Waals surface area contributed by atoms with Gasteiger partial charge in [0.05, 0.1) is 11.1 Å². The second-order valence-electron chi connectivity index (χ2n) is 3.57. The van der Waals surface area contributed by atoms with E-state index in [-0.39, 0.29) is 11.1 Å². The Morgan fingerprint density at radius 2 is 1.09 bits per heavy atom. The summed E-state index contributed by atoms with van der Waals surface area (Å²) in [5.74, 6) is -4.97. The first-order valence-corrected chi connectivity index (χ1v) is 5.93. The van der Waals surface area contributed by atoms with Gasteiger partial charge in [-0.25, -0.2) is 19.2 Å². The first-order valence-electron chi connectivity index (χ1n) is 5.93. The molecule has 0 heterocycles. The van der Waals surface area contributed by atoms with Gasteiger partial charge in [-0.3, -0.25) is 0 Å². The predicted octanol–water partition coefficient (Wildman–Crippen LogP) is 1.99. The van der Waals surface area contributed by atoms with Gasteiger partial charge in [0, 0.05) is 12.2 Å². The maximum Gasteiger partial charge on any atom is 0.336 e. The van der Waals surface area contributed by atoms with Gasteiger partial charge in [-0.1, -0.05) is 18.2 Å². The largest absolute Gasteiger partial charge is 0.478 e. The number of benzene rings is 1. The molecule has 4 N–H and O–H groups in total. The van der Waals surface area contributed by atoms with Crippen molar-refractivity contribution in [3.63, 3.8) is 0 Å². The van der Waals surface area contributed by atoms with Crippen LogP contribution in [0.1, 0.15) is 27.6 Å². The maximum absolute atomic E-state index is 10.5. The van der Waals surface area contributed by atoms with Crippen LogP contribution in [0.15, 0.2) is 49.1 Å². The Morgan fingerprint density at radius 3 is 1.26 bits per heavy atom. The zero-order valence-corrected chi connectivity index (χ0v) is 12.2. The van der Waals surface area contributed by atoms with Gasteiger partial charge < -0.3 is 20.4 Å². The minimum Gasteiger partial charge on any atom is -0.478 e. The van der Waals surface area contributed by atoms with Gasteiger partial charge in [0.1, 0.15) is 0 Å². The lowest BCUT2D eigenvalue weighted by Gasteiger charge is -1.98. The molecule has 1 aromatic carbocycles. The topological polar surface area (TPSA) is 149 Å². The highest BCUT2D eigenvalue weighted by Crippen LogP contribution is 2.07. The van der Waals surface area contributed by atoms with Crippen molar-refractivity contribution in [2.24, 2.45) is 0 Å². The zero-order chi connectivity index (χ0) is 18.4. The lowest BCUT2D eigenvalue weighted by Crippen LogP contribution is -2.06. The van der Waals surface area contributed by atoms with Crippen molar-refractivity contribution in [2.45, 2.75) is 6.92 Å². The van der Waals surface area contributed by atoms with Crippen molar-refractivity contribution in [2.75, 3.05) is 0 Å². The summed E-state index contributed by atoms with van der Waals surface area (Å²) in [5.41, 5.74) is -0.380. The van der Waals surface area contributed by atoms with E-state index in [9.17, 15) is 19.2 Å². The molecule has 124 valence electrons. The van der Waals surface area contributed by atoms with E-state index in [0.717, 1.165) is 0 Å². The van der Waals surface area contributed by atoms with Gasteiger partial charge in [-0.05, 0) is 19.1 Å². The van der Waals surface area contributed by atoms with E-state index in [0.29, 0.717) is 12.2 Å². The number of carbonyl (C=O) groups is 4. The number of hydrogen-bond donors (Lipinski definition) is 4. The van der Waals surface area contributed by atoms with E-state index in [1.807, 2.05) is 6.92 Å².